The second-order valence-electron chi connectivity index (χ2n) is 9.49. The summed E-state index contributed by atoms with van der Waals surface area (Å²) in [5, 5.41) is -2.91. The lowest BCUT2D eigenvalue weighted by Crippen LogP contribution is -2.19. The van der Waals surface area contributed by atoms with E-state index in [1.165, 1.54) is 48.6 Å². The third-order valence-corrected chi connectivity index (χ3v) is 8.78. The number of halogens is 8. The van der Waals surface area contributed by atoms with Crippen LogP contribution < -0.4 is 0 Å². The van der Waals surface area contributed by atoms with Crippen molar-refractivity contribution >= 4 is 22.0 Å². The van der Waals surface area contributed by atoms with E-state index < -0.39 is 55.5 Å². The van der Waals surface area contributed by atoms with Crippen molar-refractivity contribution in [2.24, 2.45) is 0 Å². The van der Waals surface area contributed by atoms with E-state index in [1.54, 1.807) is 0 Å². The van der Waals surface area contributed by atoms with Gasteiger partial charge < -0.3 is 0 Å². The first-order valence-electron chi connectivity index (χ1n) is 12.6. The molecule has 0 N–H and O–H groups in total. The van der Waals surface area contributed by atoms with E-state index in [9.17, 15) is 43.5 Å². The van der Waals surface area contributed by atoms with Crippen LogP contribution in [0.5, 0.6) is 0 Å². The van der Waals surface area contributed by atoms with Crippen molar-refractivity contribution in [3.05, 3.63) is 154 Å². The molecule has 11 heteroatoms. The standard InChI is InChI=1S/C32H22F8O2S/c33-27-15-7-23(8-16-27)29(19-5-21-1-11-25(12-2-21)31(35,36)37)43(41,42)30(24-9-17-28(34)18-10-24)20-6-22-3-13-26(14-4-22)32(38,39)40/h1-20,29-30H/b19-5+,20-6+. The fourth-order valence-corrected chi connectivity index (χ4v) is 6.23. The molecule has 2 unspecified atom stereocenters. The van der Waals surface area contributed by atoms with Gasteiger partial charge in [-0.25, -0.2) is 17.2 Å². The third kappa shape index (κ3) is 7.98. The van der Waals surface area contributed by atoms with E-state index in [0.717, 1.165) is 72.8 Å². The highest BCUT2D eigenvalue weighted by Gasteiger charge is 2.34. The van der Waals surface area contributed by atoms with Gasteiger partial charge in [0.15, 0.2) is 9.84 Å². The van der Waals surface area contributed by atoms with Crippen LogP contribution in [0.25, 0.3) is 12.2 Å². The second kappa shape index (κ2) is 12.5. The maximum absolute atomic E-state index is 14.2. The summed E-state index contributed by atoms with van der Waals surface area (Å²) in [6, 6.07) is 17.2. The van der Waals surface area contributed by atoms with Gasteiger partial charge in [0.2, 0.25) is 0 Å². The van der Waals surface area contributed by atoms with Gasteiger partial charge in [0, 0.05) is 0 Å². The van der Waals surface area contributed by atoms with Crippen LogP contribution >= 0.6 is 0 Å². The number of alkyl halides is 6. The van der Waals surface area contributed by atoms with E-state index in [-0.39, 0.29) is 22.3 Å². The molecule has 0 aliphatic carbocycles. The second-order valence-corrected chi connectivity index (χ2v) is 11.7. The number of benzene rings is 4. The first-order chi connectivity index (χ1) is 20.1. The summed E-state index contributed by atoms with van der Waals surface area (Å²) in [4.78, 5) is 0. The van der Waals surface area contributed by atoms with Crippen molar-refractivity contribution in [3.63, 3.8) is 0 Å². The van der Waals surface area contributed by atoms with Crippen LogP contribution in [0.2, 0.25) is 0 Å². The molecule has 2 nitrogen and oxygen atoms in total. The molecule has 0 spiro atoms. The number of hydrogen-bond donors (Lipinski definition) is 0. The highest BCUT2D eigenvalue weighted by Crippen LogP contribution is 2.38. The van der Waals surface area contributed by atoms with Crippen molar-refractivity contribution in [3.8, 4) is 0 Å². The van der Waals surface area contributed by atoms with Gasteiger partial charge in [0.1, 0.15) is 22.1 Å². The molecule has 224 valence electrons. The van der Waals surface area contributed by atoms with Gasteiger partial charge in [-0.2, -0.15) is 26.3 Å². The molecular weight excluding hydrogens is 600 g/mol. The predicted octanol–water partition coefficient (Wildman–Crippen LogP) is 9.63. The van der Waals surface area contributed by atoms with Gasteiger partial charge >= 0.3 is 12.4 Å². The van der Waals surface area contributed by atoms with Gasteiger partial charge in [0.05, 0.1) is 11.1 Å². The van der Waals surface area contributed by atoms with Crippen molar-refractivity contribution in [1.29, 1.82) is 0 Å². The maximum atomic E-state index is 14.2. The molecule has 0 saturated carbocycles. The Hall–Kier alpha value is -4.25. The molecule has 43 heavy (non-hydrogen) atoms. The van der Waals surface area contributed by atoms with Gasteiger partial charge in [0.25, 0.3) is 0 Å². The molecule has 0 aliphatic rings. The molecular formula is C32H22F8O2S. The zero-order valence-corrected chi connectivity index (χ0v) is 22.8. The topological polar surface area (TPSA) is 34.1 Å². The predicted molar refractivity (Wildman–Crippen MR) is 148 cm³/mol. The Labute approximate surface area is 242 Å². The molecule has 0 aromatic heterocycles. The molecule has 4 aromatic rings. The van der Waals surface area contributed by atoms with E-state index in [2.05, 4.69) is 0 Å². The molecule has 0 radical (unpaired) electrons. The molecule has 0 aliphatic heterocycles. The van der Waals surface area contributed by atoms with E-state index >= 15 is 0 Å². The van der Waals surface area contributed by atoms with Crippen LogP contribution in [0.3, 0.4) is 0 Å². The van der Waals surface area contributed by atoms with E-state index in [0.29, 0.717) is 0 Å². The first kappa shape index (κ1) is 31.7. The SMILES string of the molecule is O=S(=O)(C(/C=C/c1ccc(C(F)(F)F)cc1)c1ccc(F)cc1)C(/C=C/c1ccc(C(F)(F)F)cc1)c1ccc(F)cc1. The Kier molecular flexibility index (Phi) is 9.24. The first-order valence-corrected chi connectivity index (χ1v) is 14.2. The van der Waals surface area contributed by atoms with Gasteiger partial charge in [-0.3, -0.25) is 0 Å². The summed E-state index contributed by atoms with van der Waals surface area (Å²) in [5.41, 5.74) is -0.989. The highest BCUT2D eigenvalue weighted by molar-refractivity contribution is 7.92. The number of hydrogen-bond acceptors (Lipinski definition) is 2. The maximum Gasteiger partial charge on any atom is 0.416 e. The Morgan fingerprint density at radius 2 is 0.791 bits per heavy atom. The van der Waals surface area contributed by atoms with Crippen LogP contribution in [-0.4, -0.2) is 8.42 Å². The lowest BCUT2D eigenvalue weighted by molar-refractivity contribution is -0.138. The quantitative estimate of drug-likeness (QED) is 0.184. The molecule has 0 saturated heterocycles. The lowest BCUT2D eigenvalue weighted by Gasteiger charge is -2.22. The van der Waals surface area contributed by atoms with Gasteiger partial charge in [-0.15, -0.1) is 0 Å². The molecule has 0 amide bonds. The zero-order valence-electron chi connectivity index (χ0n) is 22.0. The Morgan fingerprint density at radius 3 is 1.07 bits per heavy atom. The number of rotatable bonds is 8. The summed E-state index contributed by atoms with van der Waals surface area (Å²) in [5.74, 6) is -1.27. The fraction of sp³-hybridized carbons (Fsp3) is 0.125. The van der Waals surface area contributed by atoms with E-state index in [4.69, 9.17) is 0 Å². The largest absolute Gasteiger partial charge is 0.416 e. The summed E-state index contributed by atoms with van der Waals surface area (Å²) < 4.78 is 134. The van der Waals surface area contributed by atoms with Crippen LogP contribution in [0.15, 0.2) is 109 Å². The van der Waals surface area contributed by atoms with Gasteiger partial charge in [-0.1, -0.05) is 72.8 Å². The van der Waals surface area contributed by atoms with Crippen molar-refractivity contribution < 1.29 is 43.5 Å². The molecule has 4 aromatic carbocycles. The van der Waals surface area contributed by atoms with Gasteiger partial charge in [-0.05, 0) is 70.8 Å². The van der Waals surface area contributed by atoms with Crippen LogP contribution in [0, 0.1) is 11.6 Å². The molecule has 2 atom stereocenters. The molecule has 0 fully saturated rings. The normalized spacial score (nSPS) is 14.3. The van der Waals surface area contributed by atoms with Crippen LogP contribution in [-0.2, 0) is 22.2 Å². The molecule has 0 bridgehead atoms. The Balaban J connectivity index is 1.78. The zero-order chi connectivity index (χ0) is 31.4. The fourth-order valence-electron chi connectivity index (χ4n) is 4.25. The minimum atomic E-state index is -4.57. The highest BCUT2D eigenvalue weighted by atomic mass is 32.2. The third-order valence-electron chi connectivity index (χ3n) is 6.51. The minimum Gasteiger partial charge on any atom is -0.227 e. The smallest absolute Gasteiger partial charge is 0.227 e. The van der Waals surface area contributed by atoms with Crippen molar-refractivity contribution in [1.82, 2.24) is 0 Å². The lowest BCUT2D eigenvalue weighted by atomic mass is 10.1. The summed E-state index contributed by atoms with van der Waals surface area (Å²) in [6.45, 7) is 0. The van der Waals surface area contributed by atoms with E-state index in [1.807, 2.05) is 0 Å². The van der Waals surface area contributed by atoms with Crippen molar-refractivity contribution in [2.75, 3.05) is 0 Å². The monoisotopic (exact) mass is 622 g/mol. The Bertz CT molecular complexity index is 1560. The number of sulfone groups is 1. The molecule has 0 heterocycles. The summed E-state index contributed by atoms with van der Waals surface area (Å²) >= 11 is 0. The average Bonchev–Trinajstić information content (AvgIpc) is 2.94. The Morgan fingerprint density at radius 1 is 0.488 bits per heavy atom. The molecule has 4 rings (SSSR count). The van der Waals surface area contributed by atoms with Crippen LogP contribution in [0.1, 0.15) is 43.9 Å². The minimum absolute atomic E-state index is 0.139. The summed E-state index contributed by atoms with van der Waals surface area (Å²) in [7, 11) is -4.38. The van der Waals surface area contributed by atoms with Crippen LogP contribution in [0.4, 0.5) is 35.1 Å². The summed E-state index contributed by atoms with van der Waals surface area (Å²) in [6.07, 6.45) is -4.02. The average molecular weight is 623 g/mol. The van der Waals surface area contributed by atoms with Crippen molar-refractivity contribution in [2.45, 2.75) is 22.9 Å².